The summed E-state index contributed by atoms with van der Waals surface area (Å²) in [4.78, 5) is 38.0. The summed E-state index contributed by atoms with van der Waals surface area (Å²) in [6.45, 7) is 6.29. The van der Waals surface area contributed by atoms with Crippen molar-refractivity contribution in [3.05, 3.63) is 134 Å². The van der Waals surface area contributed by atoms with E-state index in [9.17, 15) is 14.4 Å². The molecule has 0 aliphatic rings. The van der Waals surface area contributed by atoms with Gasteiger partial charge in [0.05, 0.1) is 0 Å². The van der Waals surface area contributed by atoms with Crippen LogP contribution in [-0.4, -0.2) is 37.2 Å². The van der Waals surface area contributed by atoms with Gasteiger partial charge in [0.2, 0.25) is 0 Å². The number of allylic oxidation sites excluding steroid dienone is 22. The molecule has 0 aromatic carbocycles. The Balaban J connectivity index is 4.56. The van der Waals surface area contributed by atoms with Crippen LogP contribution in [0.25, 0.3) is 0 Å². The highest BCUT2D eigenvalue weighted by atomic mass is 16.6. The maximum atomic E-state index is 12.8. The van der Waals surface area contributed by atoms with Crippen molar-refractivity contribution in [3.63, 3.8) is 0 Å². The Bertz CT molecular complexity index is 1480. The van der Waals surface area contributed by atoms with E-state index in [1.165, 1.54) is 25.7 Å². The van der Waals surface area contributed by atoms with E-state index >= 15 is 0 Å². The molecule has 376 valence electrons. The highest BCUT2D eigenvalue weighted by Crippen LogP contribution is 2.12. The molecule has 0 bridgehead atoms. The lowest BCUT2D eigenvalue weighted by Gasteiger charge is -2.18. The minimum absolute atomic E-state index is 0.120. The van der Waals surface area contributed by atoms with E-state index < -0.39 is 6.10 Å². The smallest absolute Gasteiger partial charge is 0.306 e. The Hall–Kier alpha value is -4.45. The summed E-state index contributed by atoms with van der Waals surface area (Å²) in [5.41, 5.74) is 0. The van der Waals surface area contributed by atoms with Crippen LogP contribution in [0.4, 0.5) is 0 Å². The zero-order chi connectivity index (χ0) is 48.6. The van der Waals surface area contributed by atoms with Gasteiger partial charge < -0.3 is 14.2 Å². The molecule has 0 aliphatic carbocycles. The number of carbonyl (C=O) groups excluding carboxylic acids is 3. The minimum Gasteiger partial charge on any atom is -0.462 e. The molecule has 0 aromatic heterocycles. The summed E-state index contributed by atoms with van der Waals surface area (Å²) in [6.07, 6.45) is 75.8. The lowest BCUT2D eigenvalue weighted by molar-refractivity contribution is -0.167. The Morgan fingerprint density at radius 1 is 0.313 bits per heavy atom. The summed E-state index contributed by atoms with van der Waals surface area (Å²) in [6, 6.07) is 0. The maximum Gasteiger partial charge on any atom is 0.306 e. The van der Waals surface area contributed by atoms with E-state index in [1.54, 1.807) is 0 Å². The van der Waals surface area contributed by atoms with E-state index in [0.717, 1.165) is 141 Å². The normalized spacial score (nSPS) is 13.2. The van der Waals surface area contributed by atoms with Crippen LogP contribution < -0.4 is 0 Å². The van der Waals surface area contributed by atoms with Gasteiger partial charge in [0.15, 0.2) is 6.10 Å². The van der Waals surface area contributed by atoms with E-state index in [0.29, 0.717) is 19.3 Å². The largest absolute Gasteiger partial charge is 0.462 e. The van der Waals surface area contributed by atoms with Gasteiger partial charge in [-0.2, -0.15) is 0 Å². The second kappa shape index (κ2) is 54.2. The molecule has 67 heavy (non-hydrogen) atoms. The molecule has 0 aliphatic heterocycles. The fourth-order valence-corrected chi connectivity index (χ4v) is 6.66. The first-order valence-electron chi connectivity index (χ1n) is 26.7. The molecule has 0 fully saturated rings. The molecule has 0 radical (unpaired) electrons. The maximum absolute atomic E-state index is 12.8. The van der Waals surface area contributed by atoms with Crippen molar-refractivity contribution < 1.29 is 28.6 Å². The van der Waals surface area contributed by atoms with Crippen LogP contribution in [0.2, 0.25) is 0 Å². The number of esters is 3. The van der Waals surface area contributed by atoms with Crippen LogP contribution in [0.3, 0.4) is 0 Å². The average Bonchev–Trinajstić information content (AvgIpc) is 3.33. The number of carbonyl (C=O) groups is 3. The lowest BCUT2D eigenvalue weighted by Crippen LogP contribution is -2.30. The van der Waals surface area contributed by atoms with Gasteiger partial charge in [0, 0.05) is 19.3 Å². The zero-order valence-corrected chi connectivity index (χ0v) is 42.9. The van der Waals surface area contributed by atoms with Gasteiger partial charge in [-0.1, -0.05) is 193 Å². The van der Waals surface area contributed by atoms with Crippen LogP contribution in [0, 0.1) is 0 Å². The monoisotopic (exact) mass is 925 g/mol. The standard InChI is InChI=1S/C61H96O6/c1-4-7-10-13-16-19-22-25-28-29-30-31-34-36-39-42-45-48-51-54-60(63)66-57-58(67-61(64)55-52-49-46-43-40-37-33-27-24-21-18-15-12-9-6-3)56-65-59(62)53-50-47-44-41-38-35-32-26-23-20-17-14-11-8-5-2/h8-9,11-12,16-21,25-28,30-33,36,38-39,41,58H,4-7,10,13-15,22-24,29,34-35,37,40,42-57H2,1-3H3/b11-8-,12-9-,19-16-,20-17-,21-18-,28-25-,31-30-,32-26-,33-27-,39-36-,41-38-/t58-/m1/s1. The van der Waals surface area contributed by atoms with Crippen molar-refractivity contribution in [2.75, 3.05) is 13.2 Å². The Morgan fingerprint density at radius 2 is 0.582 bits per heavy atom. The molecule has 0 amide bonds. The topological polar surface area (TPSA) is 78.9 Å². The molecule has 0 heterocycles. The van der Waals surface area contributed by atoms with E-state index in [2.05, 4.69) is 154 Å². The highest BCUT2D eigenvalue weighted by molar-refractivity contribution is 5.71. The van der Waals surface area contributed by atoms with Crippen LogP contribution in [0.1, 0.15) is 213 Å². The van der Waals surface area contributed by atoms with Crippen LogP contribution in [-0.2, 0) is 28.6 Å². The quantitative estimate of drug-likeness (QED) is 0.0262. The number of rotatable bonds is 46. The van der Waals surface area contributed by atoms with E-state index in [1.807, 2.05) is 0 Å². The molecule has 6 nitrogen and oxygen atoms in total. The summed E-state index contributed by atoms with van der Waals surface area (Å²) < 4.78 is 16.7. The first-order valence-corrected chi connectivity index (χ1v) is 26.7. The van der Waals surface area contributed by atoms with Gasteiger partial charge in [-0.3, -0.25) is 14.4 Å². The number of ether oxygens (including phenoxy) is 3. The number of unbranched alkanes of at least 4 members (excludes halogenated alkanes) is 13. The second-order valence-corrected chi connectivity index (χ2v) is 17.0. The Kier molecular flexibility index (Phi) is 50.6. The van der Waals surface area contributed by atoms with Gasteiger partial charge >= 0.3 is 17.9 Å². The SMILES string of the molecule is CC/C=C\C/C=C\C/C=C\C/C=C\CCCCC(=O)OC[C@H](COC(=O)CCCCC/C=C\C/C=C\C/C=C\C/C=C\CCCCC)OC(=O)CCCCCCC/C=C\C/C=C\C/C=C\CC. The van der Waals surface area contributed by atoms with Crippen molar-refractivity contribution in [3.8, 4) is 0 Å². The fourth-order valence-electron chi connectivity index (χ4n) is 6.66. The zero-order valence-electron chi connectivity index (χ0n) is 42.9. The summed E-state index contributed by atoms with van der Waals surface area (Å²) in [7, 11) is 0. The third-order valence-electron chi connectivity index (χ3n) is 10.6. The van der Waals surface area contributed by atoms with Crippen molar-refractivity contribution in [2.24, 2.45) is 0 Å². The minimum atomic E-state index is -0.823. The molecule has 0 saturated heterocycles. The van der Waals surface area contributed by atoms with Gasteiger partial charge in [0.1, 0.15) is 13.2 Å². The molecular weight excluding hydrogens is 829 g/mol. The molecule has 0 saturated carbocycles. The van der Waals surface area contributed by atoms with Crippen molar-refractivity contribution in [2.45, 2.75) is 219 Å². The number of hydrogen-bond acceptors (Lipinski definition) is 6. The summed E-state index contributed by atoms with van der Waals surface area (Å²) in [5, 5.41) is 0. The Labute approximate surface area is 411 Å². The molecule has 0 unspecified atom stereocenters. The van der Waals surface area contributed by atoms with Crippen LogP contribution >= 0.6 is 0 Å². The molecule has 0 spiro atoms. The summed E-state index contributed by atoms with van der Waals surface area (Å²) in [5.74, 6) is -1.02. The number of hydrogen-bond donors (Lipinski definition) is 0. The predicted molar refractivity (Wildman–Crippen MR) is 288 cm³/mol. The lowest BCUT2D eigenvalue weighted by atomic mass is 10.1. The average molecular weight is 925 g/mol. The first-order chi connectivity index (χ1) is 33.0. The molecular formula is C61H96O6. The third kappa shape index (κ3) is 52.4. The van der Waals surface area contributed by atoms with Gasteiger partial charge in [0.25, 0.3) is 0 Å². The Morgan fingerprint density at radius 3 is 0.955 bits per heavy atom. The third-order valence-corrected chi connectivity index (χ3v) is 10.6. The van der Waals surface area contributed by atoms with Crippen molar-refractivity contribution >= 4 is 17.9 Å². The highest BCUT2D eigenvalue weighted by Gasteiger charge is 2.19. The van der Waals surface area contributed by atoms with Crippen molar-refractivity contribution in [1.29, 1.82) is 0 Å². The fraction of sp³-hybridized carbons (Fsp3) is 0.590. The first kappa shape index (κ1) is 62.5. The predicted octanol–water partition coefficient (Wildman–Crippen LogP) is 17.9. The van der Waals surface area contributed by atoms with E-state index in [4.69, 9.17) is 14.2 Å². The molecule has 1 atom stereocenters. The van der Waals surface area contributed by atoms with Gasteiger partial charge in [-0.05, 0) is 135 Å². The van der Waals surface area contributed by atoms with Crippen LogP contribution in [0.15, 0.2) is 134 Å². The van der Waals surface area contributed by atoms with Gasteiger partial charge in [-0.25, -0.2) is 0 Å². The van der Waals surface area contributed by atoms with E-state index in [-0.39, 0.29) is 37.5 Å². The summed E-state index contributed by atoms with van der Waals surface area (Å²) >= 11 is 0. The molecule has 0 N–H and O–H groups in total. The molecule has 0 aromatic rings. The molecule has 0 rings (SSSR count). The van der Waals surface area contributed by atoms with Crippen LogP contribution in [0.5, 0.6) is 0 Å². The molecule has 6 heteroatoms. The van der Waals surface area contributed by atoms with Crippen molar-refractivity contribution in [1.82, 2.24) is 0 Å². The second-order valence-electron chi connectivity index (χ2n) is 17.0. The van der Waals surface area contributed by atoms with Gasteiger partial charge in [-0.15, -0.1) is 0 Å².